The molecule has 0 saturated heterocycles. The summed E-state index contributed by atoms with van der Waals surface area (Å²) in [5, 5.41) is 17.3. The molecule has 3 N–H and O–H groups in total. The Hall–Kier alpha value is -3.23. The zero-order chi connectivity index (χ0) is 21.9. The molecule has 1 saturated carbocycles. The lowest BCUT2D eigenvalue weighted by molar-refractivity contribution is 0.126. The molecule has 0 atom stereocenters. The van der Waals surface area contributed by atoms with Gasteiger partial charge in [-0.3, -0.25) is 4.98 Å². The van der Waals surface area contributed by atoms with Gasteiger partial charge in [0.05, 0.1) is 23.4 Å². The molecule has 1 aliphatic carbocycles. The number of anilines is 3. The first-order valence-corrected chi connectivity index (χ1v) is 11.6. The van der Waals surface area contributed by atoms with Crippen molar-refractivity contribution in [1.82, 2.24) is 15.0 Å². The predicted molar refractivity (Wildman–Crippen MR) is 129 cm³/mol. The molecule has 32 heavy (non-hydrogen) atoms. The second-order valence-corrected chi connectivity index (χ2v) is 8.99. The summed E-state index contributed by atoms with van der Waals surface area (Å²) < 4.78 is 6.55. The van der Waals surface area contributed by atoms with Crippen LogP contribution in [0.1, 0.15) is 25.7 Å². The Kier molecular flexibility index (Phi) is 5.87. The smallest absolute Gasteiger partial charge is 0.189 e. The summed E-state index contributed by atoms with van der Waals surface area (Å²) in [7, 11) is 1.67. The summed E-state index contributed by atoms with van der Waals surface area (Å²) in [6, 6.07) is 14.3. The molecule has 164 valence electrons. The Morgan fingerprint density at radius 2 is 1.88 bits per heavy atom. The van der Waals surface area contributed by atoms with Crippen molar-refractivity contribution in [2.75, 3.05) is 17.7 Å². The topological polar surface area (TPSA) is 92.2 Å². The van der Waals surface area contributed by atoms with Crippen molar-refractivity contribution in [3.05, 3.63) is 54.9 Å². The van der Waals surface area contributed by atoms with Crippen LogP contribution in [-0.2, 0) is 0 Å². The molecule has 1 aromatic carbocycles. The highest BCUT2D eigenvalue weighted by Crippen LogP contribution is 2.34. The number of aromatic nitrogens is 3. The van der Waals surface area contributed by atoms with Gasteiger partial charge in [0.25, 0.3) is 0 Å². The molecule has 0 amide bonds. The highest BCUT2D eigenvalue weighted by molar-refractivity contribution is 7.22. The molecule has 1 aliphatic rings. The Balaban J connectivity index is 1.33. The van der Waals surface area contributed by atoms with E-state index < -0.39 is 0 Å². The average molecular weight is 448 g/mol. The Labute approximate surface area is 190 Å². The summed E-state index contributed by atoms with van der Waals surface area (Å²) in [6.45, 7) is 0. The number of aliphatic hydroxyl groups excluding tert-OH is 1. The molecule has 4 aromatic rings. The van der Waals surface area contributed by atoms with E-state index in [0.717, 1.165) is 69.5 Å². The number of hydrogen-bond acceptors (Lipinski definition) is 8. The first kappa shape index (κ1) is 20.7. The molecule has 7 nitrogen and oxygen atoms in total. The normalized spacial score (nSPS) is 18.4. The van der Waals surface area contributed by atoms with Gasteiger partial charge in [0.15, 0.2) is 5.13 Å². The van der Waals surface area contributed by atoms with Gasteiger partial charge in [0.1, 0.15) is 17.4 Å². The quantitative estimate of drug-likeness (QED) is 0.373. The van der Waals surface area contributed by atoms with Gasteiger partial charge in [-0.15, -0.1) is 0 Å². The molecule has 0 radical (unpaired) electrons. The Morgan fingerprint density at radius 1 is 1.03 bits per heavy atom. The van der Waals surface area contributed by atoms with Crippen LogP contribution in [0.2, 0.25) is 0 Å². The second kappa shape index (κ2) is 9.10. The summed E-state index contributed by atoms with van der Waals surface area (Å²) in [4.78, 5) is 13.6. The molecule has 5 rings (SSSR count). The van der Waals surface area contributed by atoms with Crippen molar-refractivity contribution in [3.63, 3.8) is 0 Å². The van der Waals surface area contributed by atoms with Gasteiger partial charge >= 0.3 is 0 Å². The zero-order valence-corrected chi connectivity index (χ0v) is 18.6. The molecule has 3 aromatic heterocycles. The van der Waals surface area contributed by atoms with Crippen molar-refractivity contribution in [1.29, 1.82) is 0 Å². The largest absolute Gasteiger partial charge is 0.496 e. The van der Waals surface area contributed by atoms with Crippen molar-refractivity contribution < 1.29 is 9.84 Å². The van der Waals surface area contributed by atoms with E-state index in [-0.39, 0.29) is 6.10 Å². The van der Waals surface area contributed by atoms with Crippen LogP contribution in [-0.4, -0.2) is 39.3 Å². The fraction of sp³-hybridized carbons (Fsp3) is 0.292. The SMILES string of the molecule is COc1ccncc1-c1ccc2nc(Nc3cccc(N[C@H]4CC[C@H](O)CC4)n3)sc2c1. The van der Waals surface area contributed by atoms with Gasteiger partial charge in [-0.1, -0.05) is 23.5 Å². The number of ether oxygens (including phenoxy) is 1. The number of benzene rings is 1. The highest BCUT2D eigenvalue weighted by atomic mass is 32.1. The minimum Gasteiger partial charge on any atom is -0.496 e. The van der Waals surface area contributed by atoms with Crippen LogP contribution in [0.3, 0.4) is 0 Å². The van der Waals surface area contributed by atoms with Crippen molar-refractivity contribution >= 4 is 38.3 Å². The lowest BCUT2D eigenvalue weighted by Crippen LogP contribution is -2.28. The molecule has 0 bridgehead atoms. The van der Waals surface area contributed by atoms with Crippen molar-refractivity contribution in [2.45, 2.75) is 37.8 Å². The van der Waals surface area contributed by atoms with Gasteiger partial charge in [0, 0.05) is 24.0 Å². The van der Waals surface area contributed by atoms with E-state index in [1.54, 1.807) is 24.6 Å². The number of pyridine rings is 2. The van der Waals surface area contributed by atoms with Gasteiger partial charge in [-0.2, -0.15) is 0 Å². The first-order chi connectivity index (χ1) is 15.7. The van der Waals surface area contributed by atoms with Crippen LogP contribution in [0.4, 0.5) is 16.8 Å². The van der Waals surface area contributed by atoms with Crippen molar-refractivity contribution in [3.8, 4) is 16.9 Å². The van der Waals surface area contributed by atoms with Gasteiger partial charge < -0.3 is 20.5 Å². The fourth-order valence-electron chi connectivity index (χ4n) is 4.05. The minimum atomic E-state index is -0.159. The summed E-state index contributed by atoms with van der Waals surface area (Å²) >= 11 is 1.58. The number of methoxy groups -OCH3 is 1. The van der Waals surface area contributed by atoms with Crippen LogP contribution in [0.5, 0.6) is 5.75 Å². The van der Waals surface area contributed by atoms with Crippen LogP contribution < -0.4 is 15.4 Å². The molecular weight excluding hydrogens is 422 g/mol. The number of nitrogens with one attached hydrogen (secondary N) is 2. The van der Waals surface area contributed by atoms with E-state index in [4.69, 9.17) is 14.7 Å². The zero-order valence-electron chi connectivity index (χ0n) is 17.8. The van der Waals surface area contributed by atoms with E-state index in [0.29, 0.717) is 6.04 Å². The number of thiazole rings is 1. The lowest BCUT2D eigenvalue weighted by atomic mass is 9.93. The van der Waals surface area contributed by atoms with E-state index in [1.165, 1.54) is 0 Å². The molecule has 0 spiro atoms. The number of nitrogens with zero attached hydrogens (tertiary/aromatic N) is 3. The maximum atomic E-state index is 9.70. The first-order valence-electron chi connectivity index (χ1n) is 10.8. The number of rotatable bonds is 6. The summed E-state index contributed by atoms with van der Waals surface area (Å²) in [5.41, 5.74) is 2.93. The average Bonchev–Trinajstić information content (AvgIpc) is 3.22. The highest BCUT2D eigenvalue weighted by Gasteiger charge is 2.19. The number of fused-ring (bicyclic) bond motifs is 1. The lowest BCUT2D eigenvalue weighted by Gasteiger charge is -2.26. The predicted octanol–water partition coefficient (Wildman–Crippen LogP) is 5.22. The maximum Gasteiger partial charge on any atom is 0.189 e. The third-order valence-electron chi connectivity index (χ3n) is 5.73. The van der Waals surface area contributed by atoms with E-state index >= 15 is 0 Å². The van der Waals surface area contributed by atoms with Crippen molar-refractivity contribution in [2.24, 2.45) is 0 Å². The maximum absolute atomic E-state index is 9.70. The van der Waals surface area contributed by atoms with E-state index in [9.17, 15) is 5.11 Å². The summed E-state index contributed by atoms with van der Waals surface area (Å²) in [5.74, 6) is 2.38. The molecule has 0 aliphatic heterocycles. The van der Waals surface area contributed by atoms with Gasteiger partial charge in [-0.25, -0.2) is 9.97 Å². The minimum absolute atomic E-state index is 0.159. The van der Waals surface area contributed by atoms with Gasteiger partial charge in [-0.05, 0) is 61.6 Å². The summed E-state index contributed by atoms with van der Waals surface area (Å²) in [6.07, 6.45) is 6.99. The molecule has 1 fully saturated rings. The monoisotopic (exact) mass is 447 g/mol. The number of hydrogen-bond donors (Lipinski definition) is 3. The Morgan fingerprint density at radius 3 is 2.72 bits per heavy atom. The molecule has 8 heteroatoms. The third kappa shape index (κ3) is 4.51. The number of aliphatic hydroxyl groups is 1. The second-order valence-electron chi connectivity index (χ2n) is 7.96. The van der Waals surface area contributed by atoms with E-state index in [2.05, 4.69) is 21.7 Å². The standard InChI is InChI=1S/C24H25N5O2S/c1-31-20-11-12-25-14-18(20)15-5-10-19-21(13-15)32-24(27-19)29-23-4-2-3-22(28-23)26-16-6-8-17(30)9-7-16/h2-5,10-14,16-17,30H,6-9H2,1H3,(H2,26,27,28,29)/t16-,17-. The van der Waals surface area contributed by atoms with Gasteiger partial charge in [0.2, 0.25) is 0 Å². The molecule has 0 unspecified atom stereocenters. The Bertz CT molecular complexity index is 1220. The molecular formula is C24H25N5O2S. The van der Waals surface area contributed by atoms with Crippen LogP contribution in [0.25, 0.3) is 21.3 Å². The van der Waals surface area contributed by atoms with E-state index in [1.807, 2.05) is 42.6 Å². The van der Waals surface area contributed by atoms with Crippen LogP contribution in [0, 0.1) is 0 Å². The third-order valence-corrected chi connectivity index (χ3v) is 6.67. The van der Waals surface area contributed by atoms with Crippen LogP contribution >= 0.6 is 11.3 Å². The molecule has 3 heterocycles. The van der Waals surface area contributed by atoms with Crippen LogP contribution in [0.15, 0.2) is 54.9 Å². The fourth-order valence-corrected chi connectivity index (χ4v) is 4.96.